The molecule has 2 rings (SSSR count). The Kier molecular flexibility index (Phi) is 9.27. The van der Waals surface area contributed by atoms with Crippen LogP contribution >= 0.6 is 0 Å². The molecule has 1 saturated heterocycles. The van der Waals surface area contributed by atoms with E-state index >= 15 is 0 Å². The molecular weight excluding hydrogens is 338 g/mol. The van der Waals surface area contributed by atoms with E-state index in [4.69, 9.17) is 9.47 Å². The van der Waals surface area contributed by atoms with E-state index < -0.39 is 5.79 Å². The summed E-state index contributed by atoms with van der Waals surface area (Å²) in [5.74, 6) is -0.0857. The van der Waals surface area contributed by atoms with E-state index in [0.717, 1.165) is 32.7 Å². The number of methoxy groups -OCH3 is 1. The maximum Gasteiger partial charge on any atom is 0.169 e. The van der Waals surface area contributed by atoms with Crippen molar-refractivity contribution in [3.05, 3.63) is 18.7 Å². The lowest BCUT2D eigenvalue weighted by atomic mass is 9.69. The Morgan fingerprint density at radius 1 is 1.22 bits per heavy atom. The Labute approximate surface area is 166 Å². The van der Waals surface area contributed by atoms with Gasteiger partial charge in [0.2, 0.25) is 0 Å². The summed E-state index contributed by atoms with van der Waals surface area (Å²) in [6.45, 7) is 10.5. The largest absolute Gasteiger partial charge is 0.353 e. The highest BCUT2D eigenvalue weighted by atomic mass is 16.7. The fourth-order valence-corrected chi connectivity index (χ4v) is 4.32. The molecule has 1 N–H and O–H groups in total. The van der Waals surface area contributed by atoms with Crippen LogP contribution in [0.2, 0.25) is 0 Å². The lowest BCUT2D eigenvalue weighted by Gasteiger charge is -2.49. The Morgan fingerprint density at radius 2 is 1.96 bits per heavy atom. The zero-order chi connectivity index (χ0) is 19.6. The number of nitrogens with zero attached hydrogens (tertiary/aromatic N) is 2. The number of ether oxygens (including phenoxy) is 2. The highest BCUT2D eigenvalue weighted by molar-refractivity contribution is 4.92. The first-order valence-electron chi connectivity index (χ1n) is 10.9. The highest BCUT2D eigenvalue weighted by Crippen LogP contribution is 2.46. The second-order valence-corrected chi connectivity index (χ2v) is 8.48. The van der Waals surface area contributed by atoms with E-state index in [1.54, 1.807) is 7.11 Å². The fourth-order valence-electron chi connectivity index (χ4n) is 4.32. The molecule has 0 saturated carbocycles. The van der Waals surface area contributed by atoms with Gasteiger partial charge in [0.05, 0.1) is 12.9 Å². The van der Waals surface area contributed by atoms with Gasteiger partial charge in [-0.25, -0.2) is 4.98 Å². The van der Waals surface area contributed by atoms with Crippen molar-refractivity contribution in [3.8, 4) is 0 Å². The molecule has 0 spiro atoms. The number of rotatable bonds is 13. The Hall–Kier alpha value is -0.910. The Morgan fingerprint density at radius 3 is 2.56 bits per heavy atom. The van der Waals surface area contributed by atoms with Crippen molar-refractivity contribution in [2.24, 2.45) is 11.3 Å². The van der Waals surface area contributed by atoms with E-state index in [2.05, 4.69) is 35.6 Å². The molecule has 5 nitrogen and oxygen atoms in total. The zero-order valence-electron chi connectivity index (χ0n) is 18.0. The molecule has 1 aliphatic rings. The number of hydrogen-bond donors (Lipinski definition) is 1. The summed E-state index contributed by atoms with van der Waals surface area (Å²) in [6, 6.07) is 0. The van der Waals surface area contributed by atoms with Crippen molar-refractivity contribution in [1.82, 2.24) is 14.9 Å². The predicted octanol–water partition coefficient (Wildman–Crippen LogP) is 4.63. The minimum absolute atomic E-state index is 0.327. The summed E-state index contributed by atoms with van der Waals surface area (Å²) in [4.78, 5) is 4.10. The third-order valence-electron chi connectivity index (χ3n) is 6.33. The number of aryl methyl sites for hydroxylation is 1. The summed E-state index contributed by atoms with van der Waals surface area (Å²) in [7, 11) is 1.79. The van der Waals surface area contributed by atoms with Crippen molar-refractivity contribution >= 4 is 0 Å². The maximum atomic E-state index is 6.38. The number of imidazole rings is 1. The molecule has 2 atom stereocenters. The number of nitrogens with one attached hydrogen (secondary N) is 1. The third kappa shape index (κ3) is 6.58. The molecule has 5 heteroatoms. The smallest absolute Gasteiger partial charge is 0.169 e. The second-order valence-electron chi connectivity index (χ2n) is 8.48. The molecule has 27 heavy (non-hydrogen) atoms. The Balaban J connectivity index is 1.89. The van der Waals surface area contributed by atoms with Gasteiger partial charge in [-0.1, -0.05) is 39.5 Å². The summed E-state index contributed by atoms with van der Waals surface area (Å²) in [5, 5.41) is 3.66. The highest BCUT2D eigenvalue weighted by Gasteiger charge is 2.47. The monoisotopic (exact) mass is 379 g/mol. The molecule has 0 aliphatic carbocycles. The van der Waals surface area contributed by atoms with E-state index in [1.165, 1.54) is 44.9 Å². The second kappa shape index (κ2) is 11.2. The maximum absolute atomic E-state index is 6.38. The van der Waals surface area contributed by atoms with Crippen LogP contribution in [0.3, 0.4) is 0 Å². The minimum Gasteiger partial charge on any atom is -0.353 e. The quantitative estimate of drug-likeness (QED) is 0.508. The van der Waals surface area contributed by atoms with Crippen LogP contribution in [-0.4, -0.2) is 42.1 Å². The molecule has 0 unspecified atom stereocenters. The first-order valence-corrected chi connectivity index (χ1v) is 10.9. The van der Waals surface area contributed by atoms with Gasteiger partial charge in [0.15, 0.2) is 5.79 Å². The average Bonchev–Trinajstić information content (AvgIpc) is 3.20. The lowest BCUT2D eigenvalue weighted by molar-refractivity contribution is -0.287. The lowest BCUT2D eigenvalue weighted by Crippen LogP contribution is -2.53. The summed E-state index contributed by atoms with van der Waals surface area (Å²) in [6.07, 6.45) is 15.7. The number of hydrogen-bond acceptors (Lipinski definition) is 4. The topological polar surface area (TPSA) is 48.3 Å². The third-order valence-corrected chi connectivity index (χ3v) is 6.33. The normalized spacial score (nSPS) is 25.0. The summed E-state index contributed by atoms with van der Waals surface area (Å²) in [5.41, 5.74) is 0.327. The molecule has 0 amide bonds. The van der Waals surface area contributed by atoms with Gasteiger partial charge in [-0.15, -0.1) is 0 Å². The van der Waals surface area contributed by atoms with Gasteiger partial charge in [-0.3, -0.25) is 0 Å². The van der Waals surface area contributed by atoms with Gasteiger partial charge >= 0.3 is 0 Å². The van der Waals surface area contributed by atoms with Gasteiger partial charge in [0.25, 0.3) is 0 Å². The van der Waals surface area contributed by atoms with Crippen LogP contribution in [0, 0.1) is 11.3 Å². The van der Waals surface area contributed by atoms with Crippen molar-refractivity contribution in [1.29, 1.82) is 0 Å². The molecule has 2 heterocycles. The van der Waals surface area contributed by atoms with Gasteiger partial charge in [-0.2, -0.15) is 0 Å². The summed E-state index contributed by atoms with van der Waals surface area (Å²) >= 11 is 0. The van der Waals surface area contributed by atoms with Crippen LogP contribution < -0.4 is 5.32 Å². The van der Waals surface area contributed by atoms with Crippen molar-refractivity contribution in [2.45, 2.75) is 84.5 Å². The van der Waals surface area contributed by atoms with Crippen molar-refractivity contribution in [2.75, 3.05) is 26.8 Å². The number of unbranched alkanes of at least 4 members (excludes halogenated alkanes) is 2. The van der Waals surface area contributed by atoms with Crippen LogP contribution in [0.5, 0.6) is 0 Å². The molecule has 0 aromatic carbocycles. The van der Waals surface area contributed by atoms with Crippen LogP contribution in [0.15, 0.2) is 18.7 Å². The number of aromatic nitrogens is 2. The fraction of sp³-hybridized carbons (Fsp3) is 0.864. The van der Waals surface area contributed by atoms with E-state index in [9.17, 15) is 0 Å². The SMILES string of the molecule is CCCCC1(CCCC)CO[C@@](C)(OC)[C@@H](CNCCCn2ccnc2)C1. The molecule has 0 radical (unpaired) electrons. The first kappa shape index (κ1) is 22.4. The van der Waals surface area contributed by atoms with E-state index in [1.807, 2.05) is 18.7 Å². The first-order chi connectivity index (χ1) is 13.1. The average molecular weight is 380 g/mol. The van der Waals surface area contributed by atoms with Crippen LogP contribution in [0.1, 0.15) is 72.1 Å². The van der Waals surface area contributed by atoms with Gasteiger partial charge in [-0.05, 0) is 44.6 Å². The predicted molar refractivity (Wildman–Crippen MR) is 111 cm³/mol. The molecule has 1 aliphatic heterocycles. The van der Waals surface area contributed by atoms with E-state index in [0.29, 0.717) is 11.3 Å². The molecule has 1 aromatic heterocycles. The molecule has 1 fully saturated rings. The van der Waals surface area contributed by atoms with E-state index in [-0.39, 0.29) is 0 Å². The molecule has 1 aromatic rings. The van der Waals surface area contributed by atoms with Crippen molar-refractivity contribution < 1.29 is 9.47 Å². The van der Waals surface area contributed by atoms with Gasteiger partial charge < -0.3 is 19.4 Å². The van der Waals surface area contributed by atoms with Crippen LogP contribution in [0.4, 0.5) is 0 Å². The molecule has 0 bridgehead atoms. The minimum atomic E-state index is -0.473. The van der Waals surface area contributed by atoms with Crippen LogP contribution in [0.25, 0.3) is 0 Å². The summed E-state index contributed by atoms with van der Waals surface area (Å²) < 4.78 is 14.3. The van der Waals surface area contributed by atoms with Gasteiger partial charge in [0, 0.05) is 38.5 Å². The standard InChI is InChI=1S/C22H41N3O2/c1-5-7-10-22(11-8-6-2)16-20(21(3,26-4)27-18-22)17-23-12-9-14-25-15-13-24-19-25/h13,15,19-20,23H,5-12,14,16-18H2,1-4H3/t20-,21-/m1/s1. The molecule has 156 valence electrons. The Bertz CT molecular complexity index is 498. The van der Waals surface area contributed by atoms with Crippen molar-refractivity contribution in [3.63, 3.8) is 0 Å². The van der Waals surface area contributed by atoms with Crippen LogP contribution in [-0.2, 0) is 16.0 Å². The molecular formula is C22H41N3O2. The zero-order valence-corrected chi connectivity index (χ0v) is 18.0. The van der Waals surface area contributed by atoms with Gasteiger partial charge in [0.1, 0.15) is 0 Å².